The highest BCUT2D eigenvalue weighted by Gasteiger charge is 2.13. The Balaban J connectivity index is 2.06. The number of fused-ring (bicyclic) bond motifs is 1. The first kappa shape index (κ1) is 12.2. The van der Waals surface area contributed by atoms with Gasteiger partial charge in [-0.2, -0.15) is 0 Å². The molecule has 1 aliphatic rings. The summed E-state index contributed by atoms with van der Waals surface area (Å²) in [5.41, 5.74) is 5.88. The zero-order valence-electron chi connectivity index (χ0n) is 11.7. The van der Waals surface area contributed by atoms with Crippen LogP contribution in [0.3, 0.4) is 0 Å². The minimum absolute atomic E-state index is 0.427. The fraction of sp³-hybridized carbons (Fsp3) is 0.375. The Kier molecular flexibility index (Phi) is 2.97. The van der Waals surface area contributed by atoms with Gasteiger partial charge in [-0.3, -0.25) is 0 Å². The first-order chi connectivity index (χ1) is 9.13. The monoisotopic (exact) mass is 253 g/mol. The Morgan fingerprint density at radius 2 is 2.00 bits per heavy atom. The summed E-state index contributed by atoms with van der Waals surface area (Å²) < 4.78 is 0. The number of aromatic nitrogens is 2. The Hall–Kier alpha value is -1.90. The maximum Gasteiger partial charge on any atom is 0.159 e. The number of rotatable bonds is 2. The smallest absolute Gasteiger partial charge is 0.159 e. The molecule has 98 valence electrons. The van der Waals surface area contributed by atoms with Crippen molar-refractivity contribution in [2.45, 2.75) is 33.1 Å². The quantitative estimate of drug-likeness (QED) is 0.889. The van der Waals surface area contributed by atoms with Gasteiger partial charge in [-0.05, 0) is 49.1 Å². The molecule has 3 nitrogen and oxygen atoms in total. The van der Waals surface area contributed by atoms with Crippen LogP contribution in [0.1, 0.15) is 36.7 Å². The third-order valence-electron chi connectivity index (χ3n) is 3.54. The van der Waals surface area contributed by atoms with Crippen molar-refractivity contribution in [3.63, 3.8) is 0 Å². The molecule has 2 heterocycles. The van der Waals surface area contributed by atoms with Crippen LogP contribution >= 0.6 is 0 Å². The van der Waals surface area contributed by atoms with Crippen molar-refractivity contribution >= 4 is 5.69 Å². The van der Waals surface area contributed by atoms with E-state index in [2.05, 4.69) is 48.4 Å². The molecule has 0 saturated heterocycles. The lowest BCUT2D eigenvalue weighted by atomic mass is 10.1. The minimum atomic E-state index is 0.427. The fourth-order valence-corrected chi connectivity index (χ4v) is 2.46. The van der Waals surface area contributed by atoms with Gasteiger partial charge in [0.05, 0.1) is 0 Å². The number of nitrogens with one attached hydrogen (secondary N) is 1. The van der Waals surface area contributed by atoms with Crippen LogP contribution in [0.25, 0.3) is 11.4 Å². The first-order valence-electron chi connectivity index (χ1n) is 6.86. The van der Waals surface area contributed by atoms with Gasteiger partial charge in [0.25, 0.3) is 0 Å². The van der Waals surface area contributed by atoms with Gasteiger partial charge in [0, 0.05) is 29.2 Å². The summed E-state index contributed by atoms with van der Waals surface area (Å²) in [7, 11) is 0. The van der Waals surface area contributed by atoms with Crippen LogP contribution in [0.15, 0.2) is 24.3 Å². The van der Waals surface area contributed by atoms with Crippen LogP contribution in [0.5, 0.6) is 0 Å². The van der Waals surface area contributed by atoms with E-state index in [0.29, 0.717) is 5.92 Å². The van der Waals surface area contributed by atoms with E-state index in [0.717, 1.165) is 35.7 Å². The van der Waals surface area contributed by atoms with E-state index in [9.17, 15) is 0 Å². The van der Waals surface area contributed by atoms with Gasteiger partial charge in [-0.1, -0.05) is 13.8 Å². The van der Waals surface area contributed by atoms with Crippen LogP contribution in [0, 0.1) is 6.92 Å². The van der Waals surface area contributed by atoms with Crippen molar-refractivity contribution in [2.75, 3.05) is 11.9 Å². The SMILES string of the molecule is Cc1cc(C(C)C)nc(-c2ccc3c(c2)CCN3)n1. The first-order valence-corrected chi connectivity index (χ1v) is 6.86. The number of benzene rings is 1. The molecule has 1 aromatic heterocycles. The molecular formula is C16H19N3. The average molecular weight is 253 g/mol. The topological polar surface area (TPSA) is 37.8 Å². The zero-order chi connectivity index (χ0) is 13.4. The Bertz CT molecular complexity index is 617. The molecule has 0 amide bonds. The molecule has 19 heavy (non-hydrogen) atoms. The molecule has 3 heteroatoms. The van der Waals surface area contributed by atoms with Crippen molar-refractivity contribution in [3.8, 4) is 11.4 Å². The highest BCUT2D eigenvalue weighted by molar-refractivity contribution is 5.65. The molecule has 3 rings (SSSR count). The van der Waals surface area contributed by atoms with Crippen molar-refractivity contribution in [3.05, 3.63) is 41.2 Å². The van der Waals surface area contributed by atoms with E-state index < -0.39 is 0 Å². The summed E-state index contributed by atoms with van der Waals surface area (Å²) in [6.45, 7) is 7.40. The van der Waals surface area contributed by atoms with Crippen LogP contribution in [0.2, 0.25) is 0 Å². The number of hydrogen-bond acceptors (Lipinski definition) is 3. The minimum Gasteiger partial charge on any atom is -0.384 e. The van der Waals surface area contributed by atoms with E-state index >= 15 is 0 Å². The van der Waals surface area contributed by atoms with Gasteiger partial charge in [0.2, 0.25) is 0 Å². The summed E-state index contributed by atoms with van der Waals surface area (Å²) in [4.78, 5) is 9.28. The Labute approximate surface area is 114 Å². The number of aryl methyl sites for hydroxylation is 1. The molecule has 0 radical (unpaired) electrons. The van der Waals surface area contributed by atoms with E-state index in [1.165, 1.54) is 11.3 Å². The van der Waals surface area contributed by atoms with Gasteiger partial charge < -0.3 is 5.32 Å². The molecule has 1 N–H and O–H groups in total. The van der Waals surface area contributed by atoms with Crippen LogP contribution < -0.4 is 5.32 Å². The van der Waals surface area contributed by atoms with E-state index in [4.69, 9.17) is 4.98 Å². The number of anilines is 1. The van der Waals surface area contributed by atoms with Crippen molar-refractivity contribution in [1.29, 1.82) is 0 Å². The lowest BCUT2D eigenvalue weighted by Crippen LogP contribution is -1.99. The second-order valence-corrected chi connectivity index (χ2v) is 5.46. The zero-order valence-corrected chi connectivity index (χ0v) is 11.7. The Morgan fingerprint density at radius 3 is 2.79 bits per heavy atom. The van der Waals surface area contributed by atoms with Gasteiger partial charge in [-0.25, -0.2) is 9.97 Å². The van der Waals surface area contributed by atoms with Crippen LogP contribution in [-0.2, 0) is 6.42 Å². The molecular weight excluding hydrogens is 234 g/mol. The molecule has 0 fully saturated rings. The van der Waals surface area contributed by atoms with E-state index in [-0.39, 0.29) is 0 Å². The lowest BCUT2D eigenvalue weighted by Gasteiger charge is -2.09. The second-order valence-electron chi connectivity index (χ2n) is 5.46. The molecule has 1 aliphatic heterocycles. The predicted octanol–water partition coefficient (Wildman–Crippen LogP) is 3.54. The molecule has 0 unspecified atom stereocenters. The predicted molar refractivity (Wildman–Crippen MR) is 78.5 cm³/mol. The normalized spacial score (nSPS) is 13.5. The maximum absolute atomic E-state index is 4.70. The largest absolute Gasteiger partial charge is 0.384 e. The molecule has 1 aromatic carbocycles. The summed E-state index contributed by atoms with van der Waals surface area (Å²) >= 11 is 0. The van der Waals surface area contributed by atoms with Crippen molar-refractivity contribution in [2.24, 2.45) is 0 Å². The van der Waals surface area contributed by atoms with Crippen molar-refractivity contribution in [1.82, 2.24) is 9.97 Å². The molecule has 0 atom stereocenters. The number of hydrogen-bond donors (Lipinski definition) is 1. The van der Waals surface area contributed by atoms with Crippen LogP contribution in [0.4, 0.5) is 5.69 Å². The molecule has 2 aromatic rings. The van der Waals surface area contributed by atoms with Gasteiger partial charge in [-0.15, -0.1) is 0 Å². The third-order valence-corrected chi connectivity index (χ3v) is 3.54. The van der Waals surface area contributed by atoms with Gasteiger partial charge in [0.1, 0.15) is 0 Å². The molecule has 0 spiro atoms. The van der Waals surface area contributed by atoms with Gasteiger partial charge >= 0.3 is 0 Å². The molecule has 0 saturated carbocycles. The average Bonchev–Trinajstić information content (AvgIpc) is 2.85. The Morgan fingerprint density at radius 1 is 1.16 bits per heavy atom. The maximum atomic E-state index is 4.70. The summed E-state index contributed by atoms with van der Waals surface area (Å²) in [5.74, 6) is 1.27. The highest BCUT2D eigenvalue weighted by Crippen LogP contribution is 2.27. The van der Waals surface area contributed by atoms with Crippen molar-refractivity contribution < 1.29 is 0 Å². The molecule has 0 aliphatic carbocycles. The van der Waals surface area contributed by atoms with Crippen LogP contribution in [-0.4, -0.2) is 16.5 Å². The standard InChI is InChI=1S/C16H19N3/c1-10(2)15-8-11(3)18-16(19-15)13-4-5-14-12(9-13)6-7-17-14/h4-5,8-10,17H,6-7H2,1-3H3. The lowest BCUT2D eigenvalue weighted by molar-refractivity contribution is 0.812. The molecule has 0 bridgehead atoms. The second kappa shape index (κ2) is 4.65. The summed E-state index contributed by atoms with van der Waals surface area (Å²) in [5, 5.41) is 3.38. The summed E-state index contributed by atoms with van der Waals surface area (Å²) in [6, 6.07) is 8.53. The van der Waals surface area contributed by atoms with E-state index in [1.807, 2.05) is 6.92 Å². The van der Waals surface area contributed by atoms with Gasteiger partial charge in [0.15, 0.2) is 5.82 Å². The highest BCUT2D eigenvalue weighted by atomic mass is 14.9. The summed E-state index contributed by atoms with van der Waals surface area (Å²) in [6.07, 6.45) is 1.09. The fourth-order valence-electron chi connectivity index (χ4n) is 2.46. The number of nitrogens with zero attached hydrogens (tertiary/aromatic N) is 2. The third kappa shape index (κ3) is 2.33. The van der Waals surface area contributed by atoms with E-state index in [1.54, 1.807) is 0 Å².